The molecule has 0 aromatic rings. The summed E-state index contributed by atoms with van der Waals surface area (Å²) in [6.07, 6.45) is 7.51. The molecule has 1 rings (SSSR count). The second kappa shape index (κ2) is 5.61. The van der Waals surface area contributed by atoms with Crippen LogP contribution in [0.25, 0.3) is 0 Å². The van der Waals surface area contributed by atoms with Crippen molar-refractivity contribution in [2.75, 3.05) is 0 Å². The van der Waals surface area contributed by atoms with Crippen molar-refractivity contribution in [1.82, 2.24) is 5.32 Å². The van der Waals surface area contributed by atoms with Crippen LogP contribution in [0, 0.1) is 0 Å². The van der Waals surface area contributed by atoms with Gasteiger partial charge in [-0.1, -0.05) is 20.3 Å². The maximum absolute atomic E-state index is 5.88. The minimum atomic E-state index is 0.455. The highest BCUT2D eigenvalue weighted by molar-refractivity contribution is 4.84. The zero-order valence-corrected chi connectivity index (χ0v) is 9.05. The molecule has 1 fully saturated rings. The van der Waals surface area contributed by atoms with Crippen LogP contribution >= 0.6 is 0 Å². The smallest absolute Gasteiger partial charge is 0.00849 e. The van der Waals surface area contributed by atoms with Gasteiger partial charge in [-0.15, -0.1) is 0 Å². The predicted octanol–water partition coefficient (Wildman–Crippen LogP) is 2.03. The molecule has 13 heavy (non-hydrogen) atoms. The van der Waals surface area contributed by atoms with Gasteiger partial charge in [-0.25, -0.2) is 0 Å². The van der Waals surface area contributed by atoms with E-state index in [0.29, 0.717) is 12.1 Å². The molecule has 2 nitrogen and oxygen atoms in total. The number of nitrogens with two attached hydrogens (primary N) is 1. The summed E-state index contributed by atoms with van der Waals surface area (Å²) in [6.45, 7) is 4.52. The monoisotopic (exact) mass is 184 g/mol. The van der Waals surface area contributed by atoms with Gasteiger partial charge in [-0.2, -0.15) is 0 Å². The standard InChI is InChI=1S/C11H24N2/c1-3-5-10(4-2)13-11-7-6-9(12)8-11/h9-11,13H,3-8,12H2,1-2H3. The van der Waals surface area contributed by atoms with Crippen LogP contribution in [0.1, 0.15) is 52.4 Å². The van der Waals surface area contributed by atoms with E-state index < -0.39 is 0 Å². The van der Waals surface area contributed by atoms with Crippen molar-refractivity contribution < 1.29 is 0 Å². The molecule has 0 heterocycles. The quantitative estimate of drug-likeness (QED) is 0.686. The van der Waals surface area contributed by atoms with Gasteiger partial charge in [0.05, 0.1) is 0 Å². The van der Waals surface area contributed by atoms with Gasteiger partial charge in [-0.05, 0) is 32.1 Å². The van der Waals surface area contributed by atoms with E-state index in [4.69, 9.17) is 5.73 Å². The number of hydrogen-bond donors (Lipinski definition) is 2. The van der Waals surface area contributed by atoms with Crippen LogP contribution < -0.4 is 11.1 Å². The van der Waals surface area contributed by atoms with Crippen molar-refractivity contribution in [3.05, 3.63) is 0 Å². The van der Waals surface area contributed by atoms with Crippen LogP contribution in [-0.4, -0.2) is 18.1 Å². The lowest BCUT2D eigenvalue weighted by Gasteiger charge is -2.21. The first-order valence-electron chi connectivity index (χ1n) is 5.77. The maximum Gasteiger partial charge on any atom is 0.00849 e. The van der Waals surface area contributed by atoms with Crippen LogP contribution in [0.4, 0.5) is 0 Å². The van der Waals surface area contributed by atoms with Crippen molar-refractivity contribution in [2.24, 2.45) is 5.73 Å². The first-order valence-corrected chi connectivity index (χ1v) is 5.77. The van der Waals surface area contributed by atoms with Crippen molar-refractivity contribution >= 4 is 0 Å². The van der Waals surface area contributed by atoms with Gasteiger partial charge in [0.15, 0.2) is 0 Å². The van der Waals surface area contributed by atoms with Gasteiger partial charge in [-0.3, -0.25) is 0 Å². The SMILES string of the molecule is CCCC(CC)NC1CCC(N)C1. The minimum absolute atomic E-state index is 0.455. The van der Waals surface area contributed by atoms with Gasteiger partial charge >= 0.3 is 0 Å². The molecule has 1 saturated carbocycles. The Labute approximate surface area is 82.3 Å². The fourth-order valence-corrected chi connectivity index (χ4v) is 2.25. The average Bonchev–Trinajstić information content (AvgIpc) is 2.50. The number of hydrogen-bond acceptors (Lipinski definition) is 2. The molecule has 0 bridgehead atoms. The van der Waals surface area contributed by atoms with Crippen LogP contribution in [0.3, 0.4) is 0 Å². The van der Waals surface area contributed by atoms with E-state index in [1.54, 1.807) is 0 Å². The minimum Gasteiger partial charge on any atom is -0.328 e. The largest absolute Gasteiger partial charge is 0.328 e. The van der Waals surface area contributed by atoms with E-state index in [2.05, 4.69) is 19.2 Å². The second-order valence-corrected chi connectivity index (χ2v) is 4.33. The summed E-state index contributed by atoms with van der Waals surface area (Å²) in [5, 5.41) is 3.72. The molecule has 1 aliphatic rings. The molecule has 2 heteroatoms. The Morgan fingerprint density at radius 1 is 1.38 bits per heavy atom. The van der Waals surface area contributed by atoms with Crippen LogP contribution in [-0.2, 0) is 0 Å². The Morgan fingerprint density at radius 2 is 2.15 bits per heavy atom. The normalized spacial score (nSPS) is 30.7. The van der Waals surface area contributed by atoms with Crippen molar-refractivity contribution in [3.8, 4) is 0 Å². The molecule has 3 unspecified atom stereocenters. The maximum atomic E-state index is 5.88. The lowest BCUT2D eigenvalue weighted by Crippen LogP contribution is -2.37. The summed E-state index contributed by atoms with van der Waals surface area (Å²) in [5.41, 5.74) is 5.88. The molecule has 3 N–H and O–H groups in total. The summed E-state index contributed by atoms with van der Waals surface area (Å²) in [5.74, 6) is 0. The van der Waals surface area contributed by atoms with Crippen molar-refractivity contribution in [1.29, 1.82) is 0 Å². The Morgan fingerprint density at radius 3 is 2.62 bits per heavy atom. The van der Waals surface area contributed by atoms with E-state index in [1.165, 1.54) is 38.5 Å². The van der Waals surface area contributed by atoms with Crippen LogP contribution in [0.5, 0.6) is 0 Å². The van der Waals surface area contributed by atoms with E-state index >= 15 is 0 Å². The lowest BCUT2D eigenvalue weighted by molar-refractivity contribution is 0.396. The summed E-state index contributed by atoms with van der Waals surface area (Å²) in [7, 11) is 0. The molecular weight excluding hydrogens is 160 g/mol. The molecule has 0 aliphatic heterocycles. The molecule has 1 aliphatic carbocycles. The first kappa shape index (κ1) is 11.0. The van der Waals surface area contributed by atoms with Gasteiger partial charge in [0, 0.05) is 18.1 Å². The van der Waals surface area contributed by atoms with E-state index in [1.807, 2.05) is 0 Å². The topological polar surface area (TPSA) is 38.0 Å². The fourth-order valence-electron chi connectivity index (χ4n) is 2.25. The van der Waals surface area contributed by atoms with Gasteiger partial charge < -0.3 is 11.1 Å². The highest BCUT2D eigenvalue weighted by Gasteiger charge is 2.22. The van der Waals surface area contributed by atoms with Gasteiger partial charge in [0.2, 0.25) is 0 Å². The Bertz CT molecular complexity index is 134. The van der Waals surface area contributed by atoms with Crippen LogP contribution in [0.2, 0.25) is 0 Å². The highest BCUT2D eigenvalue weighted by atomic mass is 15.0. The summed E-state index contributed by atoms with van der Waals surface area (Å²) < 4.78 is 0. The first-order chi connectivity index (χ1) is 6.26. The van der Waals surface area contributed by atoms with Gasteiger partial charge in [0.1, 0.15) is 0 Å². The zero-order chi connectivity index (χ0) is 9.68. The fraction of sp³-hybridized carbons (Fsp3) is 1.00. The summed E-state index contributed by atoms with van der Waals surface area (Å²) in [6, 6.07) is 1.88. The highest BCUT2D eigenvalue weighted by Crippen LogP contribution is 2.18. The molecule has 0 saturated heterocycles. The molecule has 78 valence electrons. The molecule has 0 radical (unpaired) electrons. The average molecular weight is 184 g/mol. The van der Waals surface area contributed by atoms with E-state index in [0.717, 1.165) is 6.04 Å². The summed E-state index contributed by atoms with van der Waals surface area (Å²) >= 11 is 0. The Hall–Kier alpha value is -0.0800. The third-order valence-corrected chi connectivity index (χ3v) is 3.07. The molecule has 0 amide bonds. The van der Waals surface area contributed by atoms with E-state index in [9.17, 15) is 0 Å². The molecule has 0 aromatic heterocycles. The van der Waals surface area contributed by atoms with Crippen molar-refractivity contribution in [3.63, 3.8) is 0 Å². The molecule has 0 aromatic carbocycles. The van der Waals surface area contributed by atoms with E-state index in [-0.39, 0.29) is 0 Å². The van der Waals surface area contributed by atoms with Crippen LogP contribution in [0.15, 0.2) is 0 Å². The third kappa shape index (κ3) is 3.65. The Balaban J connectivity index is 2.21. The number of nitrogens with one attached hydrogen (secondary N) is 1. The summed E-state index contributed by atoms with van der Waals surface area (Å²) in [4.78, 5) is 0. The van der Waals surface area contributed by atoms with Gasteiger partial charge in [0.25, 0.3) is 0 Å². The molecule has 3 atom stereocenters. The zero-order valence-electron chi connectivity index (χ0n) is 9.05. The predicted molar refractivity (Wildman–Crippen MR) is 57.7 cm³/mol. The van der Waals surface area contributed by atoms with Crippen molar-refractivity contribution in [2.45, 2.75) is 70.5 Å². The molecule has 0 spiro atoms. The lowest BCUT2D eigenvalue weighted by atomic mass is 10.1. The Kier molecular flexibility index (Phi) is 4.74. The number of rotatable bonds is 5. The third-order valence-electron chi connectivity index (χ3n) is 3.07. The molecular formula is C11H24N2. The second-order valence-electron chi connectivity index (χ2n) is 4.33.